The number of carbonyl (C=O) groups is 2. The van der Waals surface area contributed by atoms with Crippen molar-refractivity contribution < 1.29 is 38.0 Å². The molecule has 0 aromatic heterocycles. The third kappa shape index (κ3) is 5.99. The molecular formula is C31H35NO8. The quantitative estimate of drug-likeness (QED) is 0.257. The first-order chi connectivity index (χ1) is 19.3. The number of nitrogens with zero attached hydrogens (tertiary/aromatic N) is 1. The molecule has 0 saturated heterocycles. The van der Waals surface area contributed by atoms with Gasteiger partial charge in [0.05, 0.1) is 41.0 Å². The lowest BCUT2D eigenvalue weighted by atomic mass is 9.88. The summed E-state index contributed by atoms with van der Waals surface area (Å²) in [4.78, 5) is 28.7. The molecule has 1 aliphatic heterocycles. The van der Waals surface area contributed by atoms with Crippen LogP contribution >= 0.6 is 0 Å². The van der Waals surface area contributed by atoms with Gasteiger partial charge in [-0.1, -0.05) is 36.4 Å². The van der Waals surface area contributed by atoms with Gasteiger partial charge in [-0.2, -0.15) is 0 Å². The highest BCUT2D eigenvalue weighted by Crippen LogP contribution is 2.47. The van der Waals surface area contributed by atoms with Gasteiger partial charge in [0, 0.05) is 6.07 Å². The molecule has 0 amide bonds. The minimum absolute atomic E-state index is 0.135. The van der Waals surface area contributed by atoms with Crippen molar-refractivity contribution in [1.29, 1.82) is 0 Å². The van der Waals surface area contributed by atoms with Crippen molar-refractivity contribution in [2.45, 2.75) is 18.9 Å². The van der Waals surface area contributed by atoms with Crippen LogP contribution in [0.25, 0.3) is 0 Å². The predicted molar refractivity (Wildman–Crippen MR) is 149 cm³/mol. The molecule has 0 aliphatic carbocycles. The third-order valence-electron chi connectivity index (χ3n) is 6.94. The first-order valence-electron chi connectivity index (χ1n) is 12.9. The highest BCUT2D eigenvalue weighted by Gasteiger charge is 2.35. The molecule has 40 heavy (non-hydrogen) atoms. The molecule has 1 aliphatic rings. The Labute approximate surface area is 234 Å². The smallest absolute Gasteiger partial charge is 0.329 e. The fraction of sp³-hybridized carbons (Fsp3) is 0.355. The van der Waals surface area contributed by atoms with E-state index in [4.69, 9.17) is 28.4 Å². The van der Waals surface area contributed by atoms with E-state index in [9.17, 15) is 9.59 Å². The van der Waals surface area contributed by atoms with Crippen LogP contribution in [0.1, 0.15) is 21.5 Å². The van der Waals surface area contributed by atoms with E-state index < -0.39 is 17.9 Å². The van der Waals surface area contributed by atoms with Crippen molar-refractivity contribution in [2.75, 3.05) is 49.1 Å². The lowest BCUT2D eigenvalue weighted by Gasteiger charge is -2.27. The summed E-state index contributed by atoms with van der Waals surface area (Å²) in [6.45, 7) is 0.172. The molecule has 0 N–H and O–H groups in total. The van der Waals surface area contributed by atoms with E-state index in [0.717, 1.165) is 11.1 Å². The summed E-state index contributed by atoms with van der Waals surface area (Å²) in [6, 6.07) is 16.2. The summed E-state index contributed by atoms with van der Waals surface area (Å²) in [5, 5.41) is 0. The number of ether oxygens (including phenoxy) is 6. The summed E-state index contributed by atoms with van der Waals surface area (Å²) in [5.41, 5.74) is 2.13. The summed E-state index contributed by atoms with van der Waals surface area (Å²) in [7, 11) is 9.66. The van der Waals surface area contributed by atoms with Gasteiger partial charge < -0.3 is 28.4 Å². The SMILES string of the molecule is COc1ccc(CC2COc3cc(OC)c(OC)c(OC)c3C2=O)cc1OC(=O)[C@H](Cc1ccccc1)N(C)C. The molecule has 3 aromatic carbocycles. The summed E-state index contributed by atoms with van der Waals surface area (Å²) >= 11 is 0. The number of fused-ring (bicyclic) bond motifs is 1. The van der Waals surface area contributed by atoms with Crippen LogP contribution in [0.15, 0.2) is 54.6 Å². The molecule has 3 aromatic rings. The Kier molecular flexibility index (Phi) is 9.16. The molecule has 1 heterocycles. The molecule has 0 fully saturated rings. The molecule has 0 spiro atoms. The van der Waals surface area contributed by atoms with E-state index in [-0.39, 0.29) is 18.1 Å². The van der Waals surface area contributed by atoms with Crippen LogP contribution in [-0.2, 0) is 17.6 Å². The van der Waals surface area contributed by atoms with E-state index in [1.54, 1.807) is 18.2 Å². The Bertz CT molecular complexity index is 1360. The first kappa shape index (κ1) is 28.8. The van der Waals surface area contributed by atoms with Crippen LogP contribution in [0.2, 0.25) is 0 Å². The van der Waals surface area contributed by atoms with Crippen molar-refractivity contribution in [2.24, 2.45) is 5.92 Å². The standard InChI is InChI=1S/C31H35NO8/c1-32(2)22(15-19-10-8-7-9-11-19)31(34)40-24-16-20(12-13-23(24)35-3)14-21-18-39-25-17-26(36-4)29(37-5)30(38-6)27(25)28(21)33/h7-13,16-17,21-22H,14-15,18H2,1-6H3/t21?,22-/m0/s1. The van der Waals surface area contributed by atoms with E-state index in [1.165, 1.54) is 28.4 Å². The number of ketones is 1. The highest BCUT2D eigenvalue weighted by atomic mass is 16.6. The minimum Gasteiger partial charge on any atom is -0.493 e. The van der Waals surface area contributed by atoms with Crippen LogP contribution in [0.3, 0.4) is 0 Å². The monoisotopic (exact) mass is 549 g/mol. The van der Waals surface area contributed by atoms with Crippen molar-refractivity contribution in [3.05, 3.63) is 71.3 Å². The van der Waals surface area contributed by atoms with Crippen LogP contribution in [-0.4, -0.2) is 71.8 Å². The Morgan fingerprint density at radius 2 is 1.57 bits per heavy atom. The normalized spacial score (nSPS) is 15.1. The Hall–Kier alpha value is -4.24. The zero-order valence-corrected chi connectivity index (χ0v) is 23.7. The number of likely N-dealkylation sites (N-methyl/N-ethyl adjacent to an activating group) is 1. The number of Topliss-reactive ketones (excluding diaryl/α,β-unsaturated/α-hetero) is 1. The van der Waals surface area contributed by atoms with E-state index in [1.807, 2.05) is 55.4 Å². The van der Waals surface area contributed by atoms with Crippen LogP contribution < -0.4 is 28.4 Å². The van der Waals surface area contributed by atoms with Gasteiger partial charge in [-0.3, -0.25) is 9.69 Å². The van der Waals surface area contributed by atoms with Gasteiger partial charge in [-0.05, 0) is 50.2 Å². The molecule has 1 unspecified atom stereocenters. The van der Waals surface area contributed by atoms with Crippen LogP contribution in [0, 0.1) is 5.92 Å². The molecule has 0 bridgehead atoms. The lowest BCUT2D eigenvalue weighted by molar-refractivity contribution is -0.139. The van der Waals surface area contributed by atoms with Gasteiger partial charge in [0.1, 0.15) is 17.4 Å². The van der Waals surface area contributed by atoms with Crippen LogP contribution in [0.5, 0.6) is 34.5 Å². The maximum absolute atomic E-state index is 13.6. The maximum Gasteiger partial charge on any atom is 0.329 e. The summed E-state index contributed by atoms with van der Waals surface area (Å²) in [5.74, 6) is 1.06. The number of benzene rings is 3. The van der Waals surface area contributed by atoms with Crippen molar-refractivity contribution in [3.63, 3.8) is 0 Å². The van der Waals surface area contributed by atoms with Gasteiger partial charge in [0.25, 0.3) is 0 Å². The number of hydrogen-bond donors (Lipinski definition) is 0. The van der Waals surface area contributed by atoms with Crippen molar-refractivity contribution >= 4 is 11.8 Å². The summed E-state index contributed by atoms with van der Waals surface area (Å²) in [6.07, 6.45) is 0.851. The van der Waals surface area contributed by atoms with Gasteiger partial charge in [0.2, 0.25) is 5.75 Å². The van der Waals surface area contributed by atoms with E-state index >= 15 is 0 Å². The average molecular weight is 550 g/mol. The average Bonchev–Trinajstić information content (AvgIpc) is 2.96. The zero-order chi connectivity index (χ0) is 28.8. The van der Waals surface area contributed by atoms with Crippen molar-refractivity contribution in [3.8, 4) is 34.5 Å². The fourth-order valence-corrected chi connectivity index (χ4v) is 4.81. The van der Waals surface area contributed by atoms with Gasteiger partial charge in [-0.25, -0.2) is 4.79 Å². The number of esters is 1. The number of methoxy groups -OCH3 is 4. The van der Waals surface area contributed by atoms with Gasteiger partial charge in [-0.15, -0.1) is 0 Å². The largest absolute Gasteiger partial charge is 0.493 e. The van der Waals surface area contributed by atoms with Gasteiger partial charge >= 0.3 is 5.97 Å². The van der Waals surface area contributed by atoms with Gasteiger partial charge in [0.15, 0.2) is 28.8 Å². The second-order valence-electron chi connectivity index (χ2n) is 9.67. The molecule has 212 valence electrons. The molecule has 9 heteroatoms. The fourth-order valence-electron chi connectivity index (χ4n) is 4.81. The molecule has 2 atom stereocenters. The molecule has 0 saturated carbocycles. The topological polar surface area (TPSA) is 92.8 Å². The van der Waals surface area contributed by atoms with E-state index in [2.05, 4.69) is 0 Å². The number of carbonyl (C=O) groups excluding carboxylic acids is 2. The predicted octanol–water partition coefficient (Wildman–Crippen LogP) is 4.23. The highest BCUT2D eigenvalue weighted by molar-refractivity contribution is 6.05. The Morgan fingerprint density at radius 1 is 0.875 bits per heavy atom. The molecule has 9 nitrogen and oxygen atoms in total. The first-order valence-corrected chi connectivity index (χ1v) is 12.9. The van der Waals surface area contributed by atoms with Crippen LogP contribution in [0.4, 0.5) is 0 Å². The number of hydrogen-bond acceptors (Lipinski definition) is 9. The van der Waals surface area contributed by atoms with Crippen molar-refractivity contribution in [1.82, 2.24) is 4.90 Å². The lowest BCUT2D eigenvalue weighted by Crippen LogP contribution is -2.40. The minimum atomic E-state index is -0.500. The number of rotatable bonds is 11. The Morgan fingerprint density at radius 3 is 2.20 bits per heavy atom. The molecule has 4 rings (SSSR count). The second-order valence-corrected chi connectivity index (χ2v) is 9.67. The second kappa shape index (κ2) is 12.7. The maximum atomic E-state index is 13.6. The third-order valence-corrected chi connectivity index (χ3v) is 6.94. The van der Waals surface area contributed by atoms with E-state index in [0.29, 0.717) is 47.2 Å². The molecular weight excluding hydrogens is 514 g/mol. The summed E-state index contributed by atoms with van der Waals surface area (Å²) < 4.78 is 33.7. The molecule has 0 radical (unpaired) electrons. The zero-order valence-electron chi connectivity index (χ0n) is 23.7. The Balaban J connectivity index is 1.57.